The molecule has 0 aliphatic heterocycles. The quantitative estimate of drug-likeness (QED) is 0.468. The van der Waals surface area contributed by atoms with Crippen LogP contribution in [0.4, 0.5) is 11.4 Å². The molecule has 0 fully saturated rings. The van der Waals surface area contributed by atoms with Crippen LogP contribution in [-0.4, -0.2) is 22.7 Å². The SMILES string of the molecule is CC(C)(C)C(CCO)Nc1ccc([N+](=O)[O-])c(I)c1. The van der Waals surface area contributed by atoms with Gasteiger partial charge in [-0.05, 0) is 46.6 Å². The van der Waals surface area contributed by atoms with Gasteiger partial charge in [-0.25, -0.2) is 0 Å². The summed E-state index contributed by atoms with van der Waals surface area (Å²) >= 11 is 1.96. The minimum absolute atomic E-state index is 0.00403. The lowest BCUT2D eigenvalue weighted by Crippen LogP contribution is -2.34. The van der Waals surface area contributed by atoms with Gasteiger partial charge in [0.05, 0.1) is 8.49 Å². The molecule has 19 heavy (non-hydrogen) atoms. The van der Waals surface area contributed by atoms with Gasteiger partial charge >= 0.3 is 0 Å². The van der Waals surface area contributed by atoms with Gasteiger partial charge in [0.15, 0.2) is 0 Å². The maximum absolute atomic E-state index is 10.8. The van der Waals surface area contributed by atoms with E-state index in [9.17, 15) is 10.1 Å². The molecule has 0 heterocycles. The molecule has 2 N–H and O–H groups in total. The first kappa shape index (κ1) is 16.2. The Morgan fingerprint density at radius 2 is 2.11 bits per heavy atom. The number of nitro benzene ring substituents is 1. The fourth-order valence-electron chi connectivity index (χ4n) is 1.80. The Labute approximate surface area is 126 Å². The lowest BCUT2D eigenvalue weighted by atomic mass is 9.85. The van der Waals surface area contributed by atoms with Crippen LogP contribution in [0.5, 0.6) is 0 Å². The second-order valence-electron chi connectivity index (χ2n) is 5.50. The number of anilines is 1. The smallest absolute Gasteiger partial charge is 0.282 e. The molecular formula is C13H19IN2O3. The van der Waals surface area contributed by atoms with Crippen LogP contribution in [0.1, 0.15) is 27.2 Å². The zero-order valence-corrected chi connectivity index (χ0v) is 13.5. The van der Waals surface area contributed by atoms with Crippen molar-refractivity contribution in [3.63, 3.8) is 0 Å². The summed E-state index contributed by atoms with van der Waals surface area (Å²) < 4.78 is 0.601. The van der Waals surface area contributed by atoms with Crippen molar-refractivity contribution < 1.29 is 10.0 Å². The monoisotopic (exact) mass is 378 g/mol. The number of aliphatic hydroxyl groups is 1. The molecule has 0 amide bonds. The highest BCUT2D eigenvalue weighted by atomic mass is 127. The topological polar surface area (TPSA) is 75.4 Å². The number of nitro groups is 1. The molecule has 0 radical (unpaired) electrons. The van der Waals surface area contributed by atoms with Gasteiger partial charge < -0.3 is 10.4 Å². The van der Waals surface area contributed by atoms with Crippen molar-refractivity contribution in [1.29, 1.82) is 0 Å². The molecular weight excluding hydrogens is 359 g/mol. The van der Waals surface area contributed by atoms with Crippen molar-refractivity contribution in [2.45, 2.75) is 33.2 Å². The van der Waals surface area contributed by atoms with Crippen molar-refractivity contribution in [2.75, 3.05) is 11.9 Å². The van der Waals surface area contributed by atoms with E-state index in [-0.39, 0.29) is 28.7 Å². The van der Waals surface area contributed by atoms with E-state index in [0.717, 1.165) is 5.69 Å². The van der Waals surface area contributed by atoms with E-state index in [1.165, 1.54) is 6.07 Å². The fraction of sp³-hybridized carbons (Fsp3) is 0.538. The summed E-state index contributed by atoms with van der Waals surface area (Å²) in [6.45, 7) is 6.39. The van der Waals surface area contributed by atoms with Gasteiger partial charge in [-0.15, -0.1) is 0 Å². The lowest BCUT2D eigenvalue weighted by Gasteiger charge is -2.32. The number of aliphatic hydroxyl groups excluding tert-OH is 1. The van der Waals surface area contributed by atoms with Crippen molar-refractivity contribution >= 4 is 34.0 Å². The zero-order valence-electron chi connectivity index (χ0n) is 11.3. The highest BCUT2D eigenvalue weighted by Crippen LogP contribution is 2.28. The molecule has 6 heteroatoms. The van der Waals surface area contributed by atoms with E-state index >= 15 is 0 Å². The molecule has 0 bridgehead atoms. The Kier molecular flexibility index (Phi) is 5.54. The van der Waals surface area contributed by atoms with Crippen LogP contribution in [0.25, 0.3) is 0 Å². The fourth-order valence-corrected chi connectivity index (χ4v) is 2.51. The summed E-state index contributed by atoms with van der Waals surface area (Å²) in [6.07, 6.45) is 0.636. The van der Waals surface area contributed by atoms with Gasteiger partial charge in [0.1, 0.15) is 0 Å². The number of hydrogen-bond acceptors (Lipinski definition) is 4. The van der Waals surface area contributed by atoms with Gasteiger partial charge in [-0.2, -0.15) is 0 Å². The Morgan fingerprint density at radius 3 is 2.53 bits per heavy atom. The number of halogens is 1. The summed E-state index contributed by atoms with van der Waals surface area (Å²) in [5.41, 5.74) is 0.944. The molecule has 1 aromatic rings. The van der Waals surface area contributed by atoms with Crippen LogP contribution >= 0.6 is 22.6 Å². The third-order valence-electron chi connectivity index (χ3n) is 2.95. The summed E-state index contributed by atoms with van der Waals surface area (Å²) in [7, 11) is 0. The molecule has 106 valence electrons. The number of nitrogens with one attached hydrogen (secondary N) is 1. The van der Waals surface area contributed by atoms with Gasteiger partial charge in [0.25, 0.3) is 5.69 Å². The predicted molar refractivity (Wildman–Crippen MR) is 84.4 cm³/mol. The van der Waals surface area contributed by atoms with Gasteiger partial charge in [-0.3, -0.25) is 10.1 Å². The molecule has 0 saturated heterocycles. The van der Waals surface area contributed by atoms with Crippen LogP contribution < -0.4 is 5.32 Å². The first-order chi connectivity index (χ1) is 8.75. The third-order valence-corrected chi connectivity index (χ3v) is 3.81. The third kappa shape index (κ3) is 4.61. The standard InChI is InChI=1S/C13H19IN2O3/c1-13(2,3)12(6-7-17)15-9-4-5-11(16(18)19)10(14)8-9/h4-5,8,12,15,17H,6-7H2,1-3H3. The van der Waals surface area contributed by atoms with Gasteiger partial charge in [0, 0.05) is 24.4 Å². The van der Waals surface area contributed by atoms with Crippen LogP contribution in [0, 0.1) is 19.1 Å². The second-order valence-corrected chi connectivity index (χ2v) is 6.66. The number of rotatable bonds is 5. The molecule has 0 aliphatic carbocycles. The Morgan fingerprint density at radius 1 is 1.47 bits per heavy atom. The Balaban J connectivity index is 2.92. The highest BCUT2D eigenvalue weighted by molar-refractivity contribution is 14.1. The summed E-state index contributed by atoms with van der Waals surface area (Å²) in [4.78, 5) is 10.4. The molecule has 0 saturated carbocycles. The Hall–Kier alpha value is -0.890. The van der Waals surface area contributed by atoms with Crippen molar-refractivity contribution in [3.05, 3.63) is 31.9 Å². The molecule has 1 atom stereocenters. The average Bonchev–Trinajstić information content (AvgIpc) is 2.26. The Bertz CT molecular complexity index is 458. The first-order valence-corrected chi connectivity index (χ1v) is 7.15. The molecule has 1 aromatic carbocycles. The second kappa shape index (κ2) is 6.51. The molecule has 5 nitrogen and oxygen atoms in total. The maximum atomic E-state index is 10.8. The molecule has 0 aliphatic rings. The van der Waals surface area contributed by atoms with Crippen molar-refractivity contribution in [1.82, 2.24) is 0 Å². The van der Waals surface area contributed by atoms with E-state index < -0.39 is 0 Å². The molecule has 0 aromatic heterocycles. The van der Waals surface area contributed by atoms with Gasteiger partial charge in [-0.1, -0.05) is 20.8 Å². The van der Waals surface area contributed by atoms with Gasteiger partial charge in [0.2, 0.25) is 0 Å². The summed E-state index contributed by atoms with van der Waals surface area (Å²) in [6, 6.07) is 5.07. The maximum Gasteiger partial charge on any atom is 0.282 e. The van der Waals surface area contributed by atoms with Crippen molar-refractivity contribution in [3.8, 4) is 0 Å². The molecule has 0 spiro atoms. The molecule has 1 unspecified atom stereocenters. The van der Waals surface area contributed by atoms with E-state index in [2.05, 4.69) is 26.1 Å². The summed E-state index contributed by atoms with van der Waals surface area (Å²) in [5, 5.41) is 23.2. The van der Waals surface area contributed by atoms with Crippen LogP contribution in [0.3, 0.4) is 0 Å². The van der Waals surface area contributed by atoms with Crippen LogP contribution in [-0.2, 0) is 0 Å². The average molecular weight is 378 g/mol. The largest absolute Gasteiger partial charge is 0.396 e. The minimum Gasteiger partial charge on any atom is -0.396 e. The normalized spacial score (nSPS) is 13.1. The number of benzene rings is 1. The first-order valence-electron chi connectivity index (χ1n) is 6.07. The van der Waals surface area contributed by atoms with E-state index in [0.29, 0.717) is 9.99 Å². The lowest BCUT2D eigenvalue weighted by molar-refractivity contribution is -0.385. The van der Waals surface area contributed by atoms with E-state index in [4.69, 9.17) is 5.11 Å². The number of nitrogens with zero attached hydrogens (tertiary/aromatic N) is 1. The van der Waals surface area contributed by atoms with Crippen LogP contribution in [0.15, 0.2) is 18.2 Å². The summed E-state index contributed by atoms with van der Waals surface area (Å²) in [5.74, 6) is 0. The van der Waals surface area contributed by atoms with E-state index in [1.54, 1.807) is 12.1 Å². The molecule has 1 rings (SSSR count). The van der Waals surface area contributed by atoms with Crippen molar-refractivity contribution in [2.24, 2.45) is 5.41 Å². The predicted octanol–water partition coefficient (Wildman–Crippen LogP) is 3.41. The number of hydrogen-bond donors (Lipinski definition) is 2. The minimum atomic E-state index is -0.388. The zero-order chi connectivity index (χ0) is 14.6. The van der Waals surface area contributed by atoms with Crippen LogP contribution in [0.2, 0.25) is 0 Å². The highest BCUT2D eigenvalue weighted by Gasteiger charge is 2.24. The van der Waals surface area contributed by atoms with E-state index in [1.807, 2.05) is 22.6 Å².